The molecule has 0 spiro atoms. The van der Waals surface area contributed by atoms with Crippen molar-refractivity contribution in [1.29, 1.82) is 0 Å². The van der Waals surface area contributed by atoms with Gasteiger partial charge in [-0.1, -0.05) is 54.6 Å². The minimum Gasteiger partial charge on any atom is -0.367 e. The third kappa shape index (κ3) is 4.39. The Labute approximate surface area is 166 Å². The first-order valence-corrected chi connectivity index (χ1v) is 9.89. The minimum absolute atomic E-state index is 0.104. The molecule has 4 rings (SSSR count). The maximum atomic E-state index is 12.5. The van der Waals surface area contributed by atoms with Crippen LogP contribution in [0.15, 0.2) is 72.9 Å². The molecule has 1 N–H and O–H groups in total. The molecule has 1 aliphatic rings. The van der Waals surface area contributed by atoms with Crippen molar-refractivity contribution in [3.05, 3.63) is 95.3 Å². The van der Waals surface area contributed by atoms with E-state index in [0.29, 0.717) is 12.2 Å². The van der Waals surface area contributed by atoms with Gasteiger partial charge in [0.2, 0.25) is 0 Å². The third-order valence-electron chi connectivity index (χ3n) is 5.24. The molecule has 4 nitrogen and oxygen atoms in total. The number of benzene rings is 2. The van der Waals surface area contributed by atoms with Crippen molar-refractivity contribution in [1.82, 2.24) is 10.3 Å². The fourth-order valence-corrected chi connectivity index (χ4v) is 3.69. The van der Waals surface area contributed by atoms with Crippen LogP contribution < -0.4 is 10.2 Å². The molecule has 0 unspecified atom stereocenters. The number of nitrogens with one attached hydrogen (secondary N) is 1. The Morgan fingerprint density at radius 3 is 2.64 bits per heavy atom. The Hall–Kier alpha value is -3.14. The quantitative estimate of drug-likeness (QED) is 0.666. The van der Waals surface area contributed by atoms with E-state index in [4.69, 9.17) is 0 Å². The highest BCUT2D eigenvalue weighted by Gasteiger charge is 2.17. The molecule has 142 valence electrons. The lowest BCUT2D eigenvalue weighted by molar-refractivity contribution is 0.0948. The molecule has 4 heteroatoms. The lowest BCUT2D eigenvalue weighted by atomic mass is 9.99. The van der Waals surface area contributed by atoms with E-state index in [9.17, 15) is 4.79 Å². The van der Waals surface area contributed by atoms with Gasteiger partial charge >= 0.3 is 0 Å². The molecule has 2 aromatic carbocycles. The first-order valence-electron chi connectivity index (χ1n) is 9.89. The van der Waals surface area contributed by atoms with Crippen LogP contribution in [0.25, 0.3) is 0 Å². The summed E-state index contributed by atoms with van der Waals surface area (Å²) < 4.78 is 0. The van der Waals surface area contributed by atoms with Gasteiger partial charge < -0.3 is 10.2 Å². The number of pyridine rings is 1. The number of nitrogens with zero attached hydrogens (tertiary/aromatic N) is 2. The molecule has 1 amide bonds. The van der Waals surface area contributed by atoms with E-state index in [1.807, 2.05) is 30.3 Å². The fourth-order valence-electron chi connectivity index (χ4n) is 3.69. The maximum Gasteiger partial charge on any atom is 0.269 e. The van der Waals surface area contributed by atoms with Crippen molar-refractivity contribution in [2.45, 2.75) is 25.8 Å². The second-order valence-electron chi connectivity index (χ2n) is 7.18. The number of carbonyl (C=O) groups is 1. The van der Waals surface area contributed by atoms with Gasteiger partial charge in [0.1, 0.15) is 5.69 Å². The molecule has 0 bridgehead atoms. The highest BCUT2D eigenvalue weighted by atomic mass is 16.1. The fraction of sp³-hybridized carbons (Fsp3) is 0.250. The molecule has 2 heterocycles. The smallest absolute Gasteiger partial charge is 0.269 e. The number of amides is 1. The van der Waals surface area contributed by atoms with Crippen molar-refractivity contribution in [2.75, 3.05) is 18.0 Å². The van der Waals surface area contributed by atoms with E-state index in [-0.39, 0.29) is 5.91 Å². The average molecular weight is 371 g/mol. The molecule has 0 radical (unpaired) electrons. The van der Waals surface area contributed by atoms with Crippen molar-refractivity contribution >= 4 is 11.6 Å². The highest BCUT2D eigenvalue weighted by Crippen LogP contribution is 2.24. The first kappa shape index (κ1) is 18.2. The predicted molar refractivity (Wildman–Crippen MR) is 113 cm³/mol. The van der Waals surface area contributed by atoms with Gasteiger partial charge in [0.05, 0.1) is 0 Å². The topological polar surface area (TPSA) is 45.2 Å². The van der Waals surface area contributed by atoms with Gasteiger partial charge in [-0.3, -0.25) is 9.78 Å². The molecule has 28 heavy (non-hydrogen) atoms. The summed E-state index contributed by atoms with van der Waals surface area (Å²) in [4.78, 5) is 19.1. The molecule has 1 aliphatic heterocycles. The van der Waals surface area contributed by atoms with Gasteiger partial charge in [-0.2, -0.15) is 0 Å². The predicted octanol–water partition coefficient (Wildman–Crippen LogP) is 4.01. The molecule has 1 aromatic heterocycles. The molecule has 3 aromatic rings. The molecule has 0 fully saturated rings. The van der Waals surface area contributed by atoms with Crippen molar-refractivity contribution < 1.29 is 4.79 Å². The summed E-state index contributed by atoms with van der Waals surface area (Å²) in [7, 11) is 0. The van der Waals surface area contributed by atoms with Crippen LogP contribution in [-0.2, 0) is 19.4 Å². The average Bonchev–Trinajstić information content (AvgIpc) is 2.77. The van der Waals surface area contributed by atoms with E-state index in [1.54, 1.807) is 6.20 Å². The second-order valence-corrected chi connectivity index (χ2v) is 7.18. The van der Waals surface area contributed by atoms with Crippen molar-refractivity contribution in [3.8, 4) is 0 Å². The van der Waals surface area contributed by atoms with Gasteiger partial charge in [0.25, 0.3) is 5.91 Å². The number of aromatic nitrogens is 1. The largest absolute Gasteiger partial charge is 0.367 e. The second kappa shape index (κ2) is 8.70. The number of carbonyl (C=O) groups excluding carboxylic acids is 1. The summed E-state index contributed by atoms with van der Waals surface area (Å²) >= 11 is 0. The minimum atomic E-state index is -0.104. The van der Waals surface area contributed by atoms with Gasteiger partial charge in [0, 0.05) is 31.5 Å². The zero-order chi connectivity index (χ0) is 19.2. The van der Waals surface area contributed by atoms with Crippen LogP contribution in [0, 0.1) is 0 Å². The molecule has 0 aliphatic carbocycles. The van der Waals surface area contributed by atoms with Gasteiger partial charge in [0.15, 0.2) is 0 Å². The van der Waals surface area contributed by atoms with Crippen LogP contribution in [0.5, 0.6) is 0 Å². The summed E-state index contributed by atoms with van der Waals surface area (Å²) in [5.41, 5.74) is 5.61. The van der Waals surface area contributed by atoms with Crippen LogP contribution >= 0.6 is 0 Å². The van der Waals surface area contributed by atoms with Gasteiger partial charge in [-0.15, -0.1) is 0 Å². The molecular formula is C24H25N3O. The van der Waals surface area contributed by atoms with E-state index in [1.165, 1.54) is 16.7 Å². The van der Waals surface area contributed by atoms with E-state index in [2.05, 4.69) is 51.6 Å². The Balaban J connectivity index is 1.34. The third-order valence-corrected chi connectivity index (χ3v) is 5.24. The Morgan fingerprint density at radius 2 is 1.79 bits per heavy atom. The standard InChI is InChI=1S/C24H25N3O/c28-24(26-14-6-9-19-7-2-1-3-8-19)23-17-22(12-15-25-23)27-16-13-20-10-4-5-11-21(20)18-27/h1-5,7-8,10-12,15,17H,6,9,13-14,16,18H2,(H,26,28). The van der Waals surface area contributed by atoms with Crippen LogP contribution in [0.4, 0.5) is 5.69 Å². The number of aryl methyl sites for hydroxylation is 1. The molecule has 0 saturated heterocycles. The number of anilines is 1. The number of hydrogen-bond donors (Lipinski definition) is 1. The van der Waals surface area contributed by atoms with Crippen LogP contribution in [-0.4, -0.2) is 24.0 Å². The van der Waals surface area contributed by atoms with Crippen molar-refractivity contribution in [3.63, 3.8) is 0 Å². The molecular weight excluding hydrogens is 346 g/mol. The van der Waals surface area contributed by atoms with E-state index >= 15 is 0 Å². The van der Waals surface area contributed by atoms with Gasteiger partial charge in [-0.25, -0.2) is 0 Å². The lowest BCUT2D eigenvalue weighted by Gasteiger charge is -2.30. The Kier molecular flexibility index (Phi) is 5.66. The summed E-state index contributed by atoms with van der Waals surface area (Å²) in [6, 6.07) is 22.8. The molecule has 0 saturated carbocycles. The summed E-state index contributed by atoms with van der Waals surface area (Å²) in [5, 5.41) is 3.00. The normalized spacial score (nSPS) is 13.1. The van der Waals surface area contributed by atoms with Crippen molar-refractivity contribution in [2.24, 2.45) is 0 Å². The Bertz CT molecular complexity index is 939. The van der Waals surface area contributed by atoms with Crippen LogP contribution in [0.2, 0.25) is 0 Å². The zero-order valence-corrected chi connectivity index (χ0v) is 16.0. The Morgan fingerprint density at radius 1 is 1.00 bits per heavy atom. The first-order chi connectivity index (χ1) is 13.8. The summed E-state index contributed by atoms with van der Waals surface area (Å²) in [6.07, 6.45) is 4.63. The highest BCUT2D eigenvalue weighted by molar-refractivity contribution is 5.93. The number of hydrogen-bond acceptors (Lipinski definition) is 3. The zero-order valence-electron chi connectivity index (χ0n) is 16.0. The summed E-state index contributed by atoms with van der Waals surface area (Å²) in [5.74, 6) is -0.104. The maximum absolute atomic E-state index is 12.5. The van der Waals surface area contributed by atoms with Crippen LogP contribution in [0.1, 0.15) is 33.6 Å². The SMILES string of the molecule is O=C(NCCCc1ccccc1)c1cc(N2CCc3ccccc3C2)ccn1. The van der Waals surface area contributed by atoms with E-state index in [0.717, 1.165) is 38.0 Å². The number of fused-ring (bicyclic) bond motifs is 1. The van der Waals surface area contributed by atoms with Crippen LogP contribution in [0.3, 0.4) is 0 Å². The molecule has 0 atom stereocenters. The van der Waals surface area contributed by atoms with Gasteiger partial charge in [-0.05, 0) is 48.1 Å². The monoisotopic (exact) mass is 371 g/mol. The number of rotatable bonds is 6. The van der Waals surface area contributed by atoms with E-state index < -0.39 is 0 Å². The summed E-state index contributed by atoms with van der Waals surface area (Å²) in [6.45, 7) is 2.48. The lowest BCUT2D eigenvalue weighted by Crippen LogP contribution is -2.31.